The molecule has 1 saturated heterocycles. The van der Waals surface area contributed by atoms with Crippen LogP contribution in [0.15, 0.2) is 42.7 Å². The molecule has 1 aliphatic heterocycles. The zero-order valence-electron chi connectivity index (χ0n) is 17.9. The number of aromatic carboxylic acids is 1. The van der Waals surface area contributed by atoms with E-state index in [0.717, 1.165) is 36.5 Å². The lowest BCUT2D eigenvalue weighted by Crippen LogP contribution is -2.26. The predicted octanol–water partition coefficient (Wildman–Crippen LogP) is 3.71. The number of carboxylic acid groups (broad SMARTS) is 1. The topological polar surface area (TPSA) is 89.1 Å². The second-order valence-electron chi connectivity index (χ2n) is 8.19. The Morgan fingerprint density at radius 1 is 1.25 bits per heavy atom. The number of rotatable bonds is 5. The van der Waals surface area contributed by atoms with Crippen molar-refractivity contribution in [1.29, 1.82) is 0 Å². The molecule has 1 atom stereocenters. The molecule has 164 valence electrons. The molecule has 9 heteroatoms. The SMILES string of the molecule is CC1CCCN1c1ccc(-c2nc3c(F)c(C(=O)O)ccc3n2Cc2ccn(C)n2)cn1. The fourth-order valence-electron chi connectivity index (χ4n) is 4.38. The maximum atomic E-state index is 15.0. The third-order valence-corrected chi connectivity index (χ3v) is 6.03. The third kappa shape index (κ3) is 3.39. The summed E-state index contributed by atoms with van der Waals surface area (Å²) in [5.74, 6) is -0.742. The summed E-state index contributed by atoms with van der Waals surface area (Å²) >= 11 is 0. The van der Waals surface area contributed by atoms with Crippen molar-refractivity contribution < 1.29 is 14.3 Å². The number of fused-ring (bicyclic) bond motifs is 1. The van der Waals surface area contributed by atoms with E-state index in [9.17, 15) is 14.3 Å². The molecule has 0 aliphatic carbocycles. The minimum Gasteiger partial charge on any atom is -0.478 e. The summed E-state index contributed by atoms with van der Waals surface area (Å²) in [7, 11) is 1.83. The summed E-state index contributed by atoms with van der Waals surface area (Å²) in [6, 6.07) is 9.09. The molecule has 1 fully saturated rings. The molecule has 0 radical (unpaired) electrons. The van der Waals surface area contributed by atoms with Crippen molar-refractivity contribution in [2.75, 3.05) is 11.4 Å². The summed E-state index contributed by atoms with van der Waals surface area (Å²) in [6.07, 6.45) is 5.88. The van der Waals surface area contributed by atoms with Gasteiger partial charge in [-0.25, -0.2) is 19.2 Å². The normalized spacial score (nSPS) is 16.2. The highest BCUT2D eigenvalue weighted by Gasteiger charge is 2.23. The molecule has 1 unspecified atom stereocenters. The lowest BCUT2D eigenvalue weighted by atomic mass is 10.2. The average Bonchev–Trinajstić information content (AvgIpc) is 3.48. The van der Waals surface area contributed by atoms with Gasteiger partial charge in [-0.3, -0.25) is 4.68 Å². The van der Waals surface area contributed by atoms with Gasteiger partial charge in [-0.1, -0.05) is 0 Å². The minimum absolute atomic E-state index is 0.0214. The molecule has 8 nitrogen and oxygen atoms in total. The first-order valence-corrected chi connectivity index (χ1v) is 10.6. The van der Waals surface area contributed by atoms with Crippen molar-refractivity contribution in [2.24, 2.45) is 7.05 Å². The minimum atomic E-state index is -1.32. The standard InChI is InChI=1S/C23H23FN6O2/c1-14-4-3-10-29(14)19-8-5-15(12-25-19)22-26-21-18(7-6-17(20(21)24)23(31)32)30(22)13-16-9-11-28(2)27-16/h5-9,11-12,14H,3-4,10,13H2,1-2H3,(H,31,32). The maximum absolute atomic E-state index is 15.0. The molecular formula is C23H23FN6O2. The number of benzene rings is 1. The lowest BCUT2D eigenvalue weighted by molar-refractivity contribution is 0.0692. The second kappa shape index (κ2) is 7.74. The predicted molar refractivity (Wildman–Crippen MR) is 118 cm³/mol. The fourth-order valence-corrected chi connectivity index (χ4v) is 4.38. The smallest absolute Gasteiger partial charge is 0.338 e. The number of imidazole rings is 1. The van der Waals surface area contributed by atoms with Crippen molar-refractivity contribution in [3.63, 3.8) is 0 Å². The number of aromatic nitrogens is 5. The summed E-state index contributed by atoms with van der Waals surface area (Å²) in [6.45, 7) is 3.54. The van der Waals surface area contributed by atoms with Crippen molar-refractivity contribution in [3.8, 4) is 11.4 Å². The number of hydrogen-bond donors (Lipinski definition) is 1. The number of carboxylic acids is 1. The van der Waals surface area contributed by atoms with Gasteiger partial charge in [-0.2, -0.15) is 5.10 Å². The number of halogens is 1. The van der Waals surface area contributed by atoms with E-state index in [1.165, 1.54) is 6.07 Å². The van der Waals surface area contributed by atoms with Crippen LogP contribution in [0.4, 0.5) is 10.2 Å². The molecule has 4 heterocycles. The molecule has 1 aliphatic rings. The van der Waals surface area contributed by atoms with E-state index in [0.29, 0.717) is 23.9 Å². The number of pyridine rings is 1. The Kier molecular flexibility index (Phi) is 4.88. The number of nitrogens with zero attached hydrogens (tertiary/aromatic N) is 6. The average molecular weight is 434 g/mol. The number of anilines is 1. The van der Waals surface area contributed by atoms with E-state index in [-0.39, 0.29) is 5.52 Å². The number of hydrogen-bond acceptors (Lipinski definition) is 5. The van der Waals surface area contributed by atoms with Gasteiger partial charge in [0.1, 0.15) is 17.2 Å². The van der Waals surface area contributed by atoms with Crippen molar-refractivity contribution >= 4 is 22.8 Å². The van der Waals surface area contributed by atoms with Crippen LogP contribution in [0, 0.1) is 5.82 Å². The van der Waals surface area contributed by atoms with E-state index in [1.807, 2.05) is 36.0 Å². The van der Waals surface area contributed by atoms with Crippen LogP contribution in [0.3, 0.4) is 0 Å². The Morgan fingerprint density at radius 2 is 2.09 bits per heavy atom. The van der Waals surface area contributed by atoms with Gasteiger partial charge in [0, 0.05) is 37.6 Å². The molecule has 5 rings (SSSR count). The zero-order chi connectivity index (χ0) is 22.4. The van der Waals surface area contributed by atoms with Gasteiger partial charge in [-0.15, -0.1) is 0 Å². The van der Waals surface area contributed by atoms with Crippen LogP contribution in [-0.2, 0) is 13.6 Å². The molecule has 1 aromatic carbocycles. The summed E-state index contributed by atoms with van der Waals surface area (Å²) < 4.78 is 18.5. The van der Waals surface area contributed by atoms with Gasteiger partial charge in [0.15, 0.2) is 5.82 Å². The lowest BCUT2D eigenvalue weighted by Gasteiger charge is -2.22. The molecule has 1 N–H and O–H groups in total. The highest BCUT2D eigenvalue weighted by molar-refractivity contribution is 5.94. The van der Waals surface area contributed by atoms with Crippen LogP contribution in [0.2, 0.25) is 0 Å². The molecule has 4 aromatic rings. The summed E-state index contributed by atoms with van der Waals surface area (Å²) in [4.78, 5) is 22.8. The Bertz CT molecular complexity index is 1310. The van der Waals surface area contributed by atoms with Crippen LogP contribution in [0.25, 0.3) is 22.4 Å². The van der Waals surface area contributed by atoms with Gasteiger partial charge < -0.3 is 14.6 Å². The molecule has 0 saturated carbocycles. The van der Waals surface area contributed by atoms with Gasteiger partial charge >= 0.3 is 5.97 Å². The molecule has 0 bridgehead atoms. The van der Waals surface area contributed by atoms with Crippen LogP contribution >= 0.6 is 0 Å². The van der Waals surface area contributed by atoms with E-state index in [1.54, 1.807) is 16.9 Å². The Balaban J connectivity index is 1.62. The van der Waals surface area contributed by atoms with Gasteiger partial charge in [0.05, 0.1) is 23.3 Å². The van der Waals surface area contributed by atoms with Crippen molar-refractivity contribution in [2.45, 2.75) is 32.4 Å². The summed E-state index contributed by atoms with van der Waals surface area (Å²) in [5, 5.41) is 13.7. The maximum Gasteiger partial charge on any atom is 0.338 e. The first-order chi connectivity index (χ1) is 15.4. The van der Waals surface area contributed by atoms with Gasteiger partial charge in [-0.05, 0) is 50.1 Å². The Hall–Kier alpha value is -3.75. The van der Waals surface area contributed by atoms with Crippen molar-refractivity contribution in [1.82, 2.24) is 24.3 Å². The van der Waals surface area contributed by atoms with Crippen molar-refractivity contribution in [3.05, 3.63) is 59.8 Å². The first-order valence-electron chi connectivity index (χ1n) is 10.6. The van der Waals surface area contributed by atoms with Crippen LogP contribution in [-0.4, -0.2) is 48.0 Å². The molecule has 0 spiro atoms. The quantitative estimate of drug-likeness (QED) is 0.515. The van der Waals surface area contributed by atoms with E-state index < -0.39 is 17.3 Å². The fraction of sp³-hybridized carbons (Fsp3) is 0.304. The van der Waals surface area contributed by atoms with Gasteiger partial charge in [0.2, 0.25) is 0 Å². The number of carbonyl (C=O) groups is 1. The summed E-state index contributed by atoms with van der Waals surface area (Å²) in [5.41, 5.74) is 1.64. The number of aryl methyl sites for hydroxylation is 1. The molecular weight excluding hydrogens is 411 g/mol. The van der Waals surface area contributed by atoms with Crippen LogP contribution < -0.4 is 4.90 Å². The van der Waals surface area contributed by atoms with E-state index in [2.05, 4.69) is 26.9 Å². The van der Waals surface area contributed by atoms with E-state index in [4.69, 9.17) is 0 Å². The molecule has 32 heavy (non-hydrogen) atoms. The second-order valence-corrected chi connectivity index (χ2v) is 8.19. The van der Waals surface area contributed by atoms with Gasteiger partial charge in [0.25, 0.3) is 0 Å². The zero-order valence-corrected chi connectivity index (χ0v) is 17.9. The highest BCUT2D eigenvalue weighted by atomic mass is 19.1. The molecule has 0 amide bonds. The monoisotopic (exact) mass is 434 g/mol. The van der Waals surface area contributed by atoms with Crippen LogP contribution in [0.5, 0.6) is 0 Å². The third-order valence-electron chi connectivity index (χ3n) is 6.03. The van der Waals surface area contributed by atoms with E-state index >= 15 is 0 Å². The Labute approximate surface area is 183 Å². The Morgan fingerprint density at radius 3 is 2.72 bits per heavy atom. The first kappa shape index (κ1) is 20.2. The highest BCUT2D eigenvalue weighted by Crippen LogP contribution is 2.30. The molecule has 3 aromatic heterocycles. The van der Waals surface area contributed by atoms with Crippen LogP contribution in [0.1, 0.15) is 35.8 Å². The largest absolute Gasteiger partial charge is 0.478 e.